The van der Waals surface area contributed by atoms with E-state index in [1.54, 1.807) is 19.1 Å². The Labute approximate surface area is 170 Å². The first-order chi connectivity index (χ1) is 13.7. The van der Waals surface area contributed by atoms with Gasteiger partial charge in [0.15, 0.2) is 5.78 Å². The van der Waals surface area contributed by atoms with E-state index in [1.807, 2.05) is 20.8 Å². The second-order valence-corrected chi connectivity index (χ2v) is 8.32. The zero-order valence-electron chi connectivity index (χ0n) is 17.2. The van der Waals surface area contributed by atoms with E-state index in [0.717, 1.165) is 0 Å². The summed E-state index contributed by atoms with van der Waals surface area (Å²) in [5.74, 6) is -1.89. The fraction of sp³-hybridized carbons (Fsp3) is 0.500. The fourth-order valence-electron chi connectivity index (χ4n) is 4.35. The van der Waals surface area contributed by atoms with Crippen LogP contribution in [0.5, 0.6) is 0 Å². The van der Waals surface area contributed by atoms with Crippen molar-refractivity contribution in [3.63, 3.8) is 0 Å². The Morgan fingerprint density at radius 2 is 2.03 bits per heavy atom. The van der Waals surface area contributed by atoms with Crippen molar-refractivity contribution in [1.82, 2.24) is 0 Å². The molecule has 1 unspecified atom stereocenters. The van der Waals surface area contributed by atoms with Gasteiger partial charge in [-0.3, -0.25) is 24.7 Å². The summed E-state index contributed by atoms with van der Waals surface area (Å²) in [6.45, 7) is 7.90. The number of ether oxygens (including phenoxy) is 1. The number of Topliss-reactive ketones (excluding diaryl/α,β-unsaturated/α-hetero) is 1. The third kappa shape index (κ3) is 3.99. The fourth-order valence-corrected chi connectivity index (χ4v) is 4.35. The van der Waals surface area contributed by atoms with Crippen LogP contribution < -0.4 is 0 Å². The number of allylic oxidation sites excluding steroid dienone is 2. The minimum absolute atomic E-state index is 0.0547. The number of nitrogens with zero attached hydrogens (tertiary/aromatic N) is 2. The number of nitro groups is 1. The second-order valence-electron chi connectivity index (χ2n) is 8.32. The topological polar surface area (TPSA) is 98.9 Å². The highest BCUT2D eigenvalue weighted by atomic mass is 16.6. The number of carbonyl (C=O) groups is 2. The molecule has 7 heteroatoms. The number of nitro benzene ring substituents is 1. The molecule has 0 aromatic heterocycles. The maximum atomic E-state index is 13.2. The van der Waals surface area contributed by atoms with Crippen molar-refractivity contribution in [1.29, 1.82) is 0 Å². The normalized spacial score (nSPS) is 23.3. The molecule has 0 saturated heterocycles. The highest BCUT2D eigenvalue weighted by molar-refractivity contribution is 6.09. The van der Waals surface area contributed by atoms with Gasteiger partial charge < -0.3 is 4.74 Å². The number of rotatable bonds is 5. The molecule has 0 amide bonds. The van der Waals surface area contributed by atoms with Crippen LogP contribution in [0, 0.1) is 21.4 Å². The van der Waals surface area contributed by atoms with E-state index < -0.39 is 22.7 Å². The van der Waals surface area contributed by atoms with Crippen LogP contribution in [0.1, 0.15) is 58.4 Å². The Balaban J connectivity index is 2.23. The van der Waals surface area contributed by atoms with Gasteiger partial charge in [-0.15, -0.1) is 0 Å². The van der Waals surface area contributed by atoms with Crippen molar-refractivity contribution in [2.24, 2.45) is 16.3 Å². The van der Waals surface area contributed by atoms with Crippen molar-refractivity contribution in [3.05, 3.63) is 51.2 Å². The Bertz CT molecular complexity index is 929. The van der Waals surface area contributed by atoms with Crippen molar-refractivity contribution >= 4 is 23.2 Å². The molecule has 154 valence electrons. The Hall–Kier alpha value is -2.83. The van der Waals surface area contributed by atoms with Crippen LogP contribution in [0.25, 0.3) is 0 Å². The first-order valence-electron chi connectivity index (χ1n) is 9.93. The van der Waals surface area contributed by atoms with E-state index in [-0.39, 0.29) is 23.5 Å². The van der Waals surface area contributed by atoms with Crippen LogP contribution >= 0.6 is 0 Å². The molecule has 7 nitrogen and oxygen atoms in total. The highest BCUT2D eigenvalue weighted by Crippen LogP contribution is 2.48. The summed E-state index contributed by atoms with van der Waals surface area (Å²) in [6.07, 6.45) is 1.50. The molecule has 1 aliphatic heterocycles. The molecule has 29 heavy (non-hydrogen) atoms. The lowest BCUT2D eigenvalue weighted by atomic mass is 9.66. The second kappa shape index (κ2) is 7.89. The van der Waals surface area contributed by atoms with E-state index in [9.17, 15) is 19.7 Å². The summed E-state index contributed by atoms with van der Waals surface area (Å²) in [6, 6.07) is 6.18. The van der Waals surface area contributed by atoms with E-state index in [4.69, 9.17) is 9.73 Å². The number of carbonyl (C=O) groups excluding carboxylic acids is 2. The summed E-state index contributed by atoms with van der Waals surface area (Å²) in [4.78, 5) is 41.6. The third-order valence-electron chi connectivity index (χ3n) is 5.52. The van der Waals surface area contributed by atoms with Gasteiger partial charge >= 0.3 is 5.97 Å². The lowest BCUT2D eigenvalue weighted by Crippen LogP contribution is -2.40. The number of hydrogen-bond acceptors (Lipinski definition) is 6. The van der Waals surface area contributed by atoms with Gasteiger partial charge in [0, 0.05) is 41.5 Å². The zero-order valence-corrected chi connectivity index (χ0v) is 17.2. The summed E-state index contributed by atoms with van der Waals surface area (Å²) in [5, 5.41) is 11.3. The minimum Gasteiger partial charge on any atom is -0.465 e. The minimum atomic E-state index is -0.758. The van der Waals surface area contributed by atoms with E-state index >= 15 is 0 Å². The van der Waals surface area contributed by atoms with Gasteiger partial charge in [-0.25, -0.2) is 0 Å². The van der Waals surface area contributed by atoms with Gasteiger partial charge in [-0.2, -0.15) is 0 Å². The van der Waals surface area contributed by atoms with Crippen LogP contribution in [0.2, 0.25) is 0 Å². The van der Waals surface area contributed by atoms with Crippen LogP contribution in [0.15, 0.2) is 40.5 Å². The monoisotopic (exact) mass is 398 g/mol. The maximum absolute atomic E-state index is 13.2. The van der Waals surface area contributed by atoms with E-state index in [2.05, 4.69) is 0 Å². The van der Waals surface area contributed by atoms with Crippen molar-refractivity contribution in [3.8, 4) is 0 Å². The summed E-state index contributed by atoms with van der Waals surface area (Å²) >= 11 is 0. The third-order valence-corrected chi connectivity index (χ3v) is 5.52. The SMILES string of the molecule is CCOC(=O)C1C(CC)=NC2=C(C(=O)CC(C)(C)C2)[C@@H]1c1cccc([N+](=O)[O-])c1. The quantitative estimate of drug-likeness (QED) is 0.417. The molecular weight excluding hydrogens is 372 g/mol. The number of aliphatic imine (C=N–C) groups is 1. The zero-order chi connectivity index (χ0) is 21.3. The Kier molecular flexibility index (Phi) is 5.68. The molecule has 0 spiro atoms. The molecule has 0 saturated carbocycles. The molecule has 1 heterocycles. The average Bonchev–Trinajstić information content (AvgIpc) is 2.65. The Morgan fingerprint density at radius 3 is 2.66 bits per heavy atom. The lowest BCUT2D eigenvalue weighted by Gasteiger charge is -2.39. The van der Waals surface area contributed by atoms with Gasteiger partial charge in [0.2, 0.25) is 0 Å². The van der Waals surface area contributed by atoms with Gasteiger partial charge in [0.25, 0.3) is 5.69 Å². The smallest absolute Gasteiger partial charge is 0.315 e. The van der Waals surface area contributed by atoms with Crippen molar-refractivity contribution < 1.29 is 19.2 Å². The van der Waals surface area contributed by atoms with Crippen LogP contribution in [-0.2, 0) is 14.3 Å². The maximum Gasteiger partial charge on any atom is 0.315 e. The van der Waals surface area contributed by atoms with Crippen molar-refractivity contribution in [2.45, 2.75) is 52.9 Å². The molecule has 3 rings (SSSR count). The molecular formula is C22H26N2O5. The molecule has 0 radical (unpaired) electrons. The molecule has 1 aromatic rings. The molecule has 1 aromatic carbocycles. The van der Waals surface area contributed by atoms with E-state index in [0.29, 0.717) is 41.8 Å². The predicted octanol–water partition coefficient (Wildman–Crippen LogP) is 4.37. The number of ketones is 1. The molecule has 2 aliphatic rings. The van der Waals surface area contributed by atoms with Gasteiger partial charge in [-0.05, 0) is 30.7 Å². The molecule has 0 N–H and O–H groups in total. The van der Waals surface area contributed by atoms with Gasteiger partial charge in [-0.1, -0.05) is 32.9 Å². The first kappa shape index (κ1) is 20.9. The average molecular weight is 398 g/mol. The molecule has 1 aliphatic carbocycles. The number of benzene rings is 1. The lowest BCUT2D eigenvalue weighted by molar-refractivity contribution is -0.384. The molecule has 0 bridgehead atoms. The number of non-ortho nitro benzene ring substituents is 1. The Morgan fingerprint density at radius 1 is 1.31 bits per heavy atom. The largest absolute Gasteiger partial charge is 0.465 e. The van der Waals surface area contributed by atoms with Crippen LogP contribution in [-0.4, -0.2) is 29.0 Å². The predicted molar refractivity (Wildman–Crippen MR) is 109 cm³/mol. The molecule has 0 fully saturated rings. The van der Waals surface area contributed by atoms with Crippen molar-refractivity contribution in [2.75, 3.05) is 6.61 Å². The van der Waals surface area contributed by atoms with Crippen LogP contribution in [0.4, 0.5) is 5.69 Å². The number of hydrogen-bond donors (Lipinski definition) is 0. The standard InChI is InChI=1S/C22H26N2O5/c1-5-15-20(21(26)29-6-2)18(13-8-7-9-14(10-13)24(27)28)19-16(23-15)11-22(3,4)12-17(19)25/h7-10,18,20H,5-6,11-12H2,1-4H3/t18-,20?/m0/s1. The summed E-state index contributed by atoms with van der Waals surface area (Å²) < 4.78 is 5.31. The van der Waals surface area contributed by atoms with E-state index in [1.165, 1.54) is 12.1 Å². The highest BCUT2D eigenvalue weighted by Gasteiger charge is 2.46. The van der Waals surface area contributed by atoms with Gasteiger partial charge in [0.1, 0.15) is 5.92 Å². The number of esters is 1. The molecule has 2 atom stereocenters. The first-order valence-corrected chi connectivity index (χ1v) is 9.93. The van der Waals surface area contributed by atoms with Gasteiger partial charge in [0.05, 0.1) is 11.5 Å². The van der Waals surface area contributed by atoms with Crippen LogP contribution in [0.3, 0.4) is 0 Å². The summed E-state index contributed by atoms with van der Waals surface area (Å²) in [5.41, 5.74) is 2.13. The summed E-state index contributed by atoms with van der Waals surface area (Å²) in [7, 11) is 0.